The van der Waals surface area contributed by atoms with Crippen molar-refractivity contribution in [2.24, 2.45) is 0 Å². The number of carbonyl (C=O) groups excluding carboxylic acids is 1. The van der Waals surface area contributed by atoms with Crippen LogP contribution in [0.3, 0.4) is 0 Å². The Morgan fingerprint density at radius 2 is 1.77 bits per heavy atom. The third-order valence-electron chi connectivity index (χ3n) is 1.48. The monoisotopic (exact) mass is 190 g/mol. The molecule has 0 amide bonds. The Balaban J connectivity index is 4.32. The van der Waals surface area contributed by atoms with Crippen LogP contribution in [0.15, 0.2) is 12.2 Å². The summed E-state index contributed by atoms with van der Waals surface area (Å²) in [5, 5.41) is 26.3. The molecule has 5 nitrogen and oxygen atoms in total. The molecule has 13 heavy (non-hydrogen) atoms. The Hall–Kier alpha value is -0.910. The number of aliphatic hydroxyl groups is 3. The first-order valence-electron chi connectivity index (χ1n) is 3.82. The predicted molar refractivity (Wildman–Crippen MR) is 44.9 cm³/mol. The van der Waals surface area contributed by atoms with Crippen LogP contribution >= 0.6 is 0 Å². The molecule has 0 heterocycles. The van der Waals surface area contributed by atoms with Crippen LogP contribution < -0.4 is 0 Å². The van der Waals surface area contributed by atoms with Crippen molar-refractivity contribution < 1.29 is 24.9 Å². The molecule has 3 N–H and O–H groups in total. The molecule has 0 aromatic heterocycles. The summed E-state index contributed by atoms with van der Waals surface area (Å²) < 4.78 is 4.65. The number of hydrogen-bond donors (Lipinski definition) is 3. The van der Waals surface area contributed by atoms with E-state index in [1.807, 2.05) is 0 Å². The van der Waals surface area contributed by atoms with Crippen LogP contribution in [-0.4, -0.2) is 46.7 Å². The summed E-state index contributed by atoms with van der Waals surface area (Å²) in [5.41, 5.74) is -1.59. The van der Waals surface area contributed by atoms with Gasteiger partial charge in [-0.2, -0.15) is 0 Å². The van der Waals surface area contributed by atoms with Crippen LogP contribution in [0.4, 0.5) is 0 Å². The molecule has 0 bridgehead atoms. The van der Waals surface area contributed by atoms with Crippen molar-refractivity contribution in [3.05, 3.63) is 12.2 Å². The number of hydrogen-bond acceptors (Lipinski definition) is 5. The standard InChI is InChI=1S/C8H14O5/c1-2-3-7(12)13-8(4-9,5-10)6-11/h2-3,9-11H,4-6H2,1H3/b3-2+. The van der Waals surface area contributed by atoms with Gasteiger partial charge in [-0.15, -0.1) is 0 Å². The normalized spacial score (nSPS) is 12.0. The fourth-order valence-electron chi connectivity index (χ4n) is 0.630. The lowest BCUT2D eigenvalue weighted by Crippen LogP contribution is -2.45. The molecule has 0 fully saturated rings. The summed E-state index contributed by atoms with van der Waals surface area (Å²) in [5.74, 6) is -0.709. The number of aliphatic hydroxyl groups excluding tert-OH is 3. The van der Waals surface area contributed by atoms with Gasteiger partial charge in [0, 0.05) is 6.08 Å². The van der Waals surface area contributed by atoms with Gasteiger partial charge in [0.1, 0.15) is 0 Å². The van der Waals surface area contributed by atoms with E-state index in [0.29, 0.717) is 0 Å². The molecule has 76 valence electrons. The van der Waals surface area contributed by atoms with E-state index >= 15 is 0 Å². The van der Waals surface area contributed by atoms with Crippen LogP contribution in [0.5, 0.6) is 0 Å². The number of rotatable bonds is 5. The summed E-state index contributed by atoms with van der Waals surface area (Å²) in [6.45, 7) is -0.240. The predicted octanol–water partition coefficient (Wildman–Crippen LogP) is -1.18. The minimum absolute atomic E-state index is 0.622. The average Bonchev–Trinajstić information content (AvgIpc) is 2.15. The van der Waals surface area contributed by atoms with Gasteiger partial charge < -0.3 is 20.1 Å². The molecular weight excluding hydrogens is 176 g/mol. The van der Waals surface area contributed by atoms with E-state index in [1.54, 1.807) is 6.92 Å². The molecule has 0 saturated carbocycles. The van der Waals surface area contributed by atoms with Crippen LogP contribution in [0.1, 0.15) is 6.92 Å². The molecule has 0 aromatic rings. The zero-order valence-electron chi connectivity index (χ0n) is 7.43. The summed E-state index contributed by atoms with van der Waals surface area (Å²) >= 11 is 0. The number of esters is 1. The van der Waals surface area contributed by atoms with E-state index in [1.165, 1.54) is 6.08 Å². The van der Waals surface area contributed by atoms with Gasteiger partial charge in [0.15, 0.2) is 5.60 Å². The van der Waals surface area contributed by atoms with Crippen LogP contribution in [0.2, 0.25) is 0 Å². The van der Waals surface area contributed by atoms with E-state index in [0.717, 1.165) is 6.08 Å². The lowest BCUT2D eigenvalue weighted by Gasteiger charge is -2.26. The van der Waals surface area contributed by atoms with Crippen molar-refractivity contribution in [2.45, 2.75) is 12.5 Å². The fourth-order valence-corrected chi connectivity index (χ4v) is 0.630. The second-order valence-corrected chi connectivity index (χ2v) is 2.58. The SMILES string of the molecule is C/C=C/C(=O)OC(CO)(CO)CO. The van der Waals surface area contributed by atoms with Crippen molar-refractivity contribution in [1.82, 2.24) is 0 Å². The number of allylic oxidation sites excluding steroid dienone is 1. The van der Waals surface area contributed by atoms with E-state index in [-0.39, 0.29) is 0 Å². The molecule has 0 radical (unpaired) electrons. The molecule has 0 rings (SSSR count). The summed E-state index contributed by atoms with van der Waals surface area (Å²) in [6.07, 6.45) is 2.59. The Bertz CT molecular complexity index is 175. The van der Waals surface area contributed by atoms with Crippen molar-refractivity contribution in [2.75, 3.05) is 19.8 Å². The quantitative estimate of drug-likeness (QED) is 0.375. The maximum atomic E-state index is 10.9. The van der Waals surface area contributed by atoms with Gasteiger partial charge in [0.05, 0.1) is 19.8 Å². The minimum Gasteiger partial charge on any atom is -0.449 e. The highest BCUT2D eigenvalue weighted by Crippen LogP contribution is 2.09. The number of carbonyl (C=O) groups is 1. The zero-order valence-corrected chi connectivity index (χ0v) is 7.43. The lowest BCUT2D eigenvalue weighted by molar-refractivity contribution is -0.170. The Kier molecular flexibility index (Phi) is 5.29. The summed E-state index contributed by atoms with van der Waals surface area (Å²) in [6, 6.07) is 0. The first-order valence-corrected chi connectivity index (χ1v) is 3.82. The molecule has 0 spiro atoms. The summed E-state index contributed by atoms with van der Waals surface area (Å²) in [4.78, 5) is 10.9. The van der Waals surface area contributed by atoms with Crippen LogP contribution in [0.25, 0.3) is 0 Å². The lowest BCUT2D eigenvalue weighted by atomic mass is 10.1. The van der Waals surface area contributed by atoms with Gasteiger partial charge >= 0.3 is 5.97 Å². The maximum Gasteiger partial charge on any atom is 0.331 e. The zero-order chi connectivity index (χ0) is 10.3. The van der Waals surface area contributed by atoms with Gasteiger partial charge in [0.2, 0.25) is 0 Å². The topological polar surface area (TPSA) is 87.0 Å². The summed E-state index contributed by atoms with van der Waals surface area (Å²) in [7, 11) is 0. The second kappa shape index (κ2) is 5.69. The smallest absolute Gasteiger partial charge is 0.331 e. The van der Waals surface area contributed by atoms with E-state index in [2.05, 4.69) is 4.74 Å². The van der Waals surface area contributed by atoms with Gasteiger partial charge in [-0.3, -0.25) is 0 Å². The molecule has 5 heteroatoms. The van der Waals surface area contributed by atoms with Crippen LogP contribution in [-0.2, 0) is 9.53 Å². The first-order chi connectivity index (χ1) is 6.14. The molecule has 0 aliphatic rings. The highest BCUT2D eigenvalue weighted by Gasteiger charge is 2.31. The van der Waals surface area contributed by atoms with Crippen molar-refractivity contribution in [3.8, 4) is 0 Å². The van der Waals surface area contributed by atoms with Crippen LogP contribution in [0, 0.1) is 0 Å². The van der Waals surface area contributed by atoms with Gasteiger partial charge in [-0.25, -0.2) is 4.79 Å². The number of ether oxygens (including phenoxy) is 1. The molecule has 0 unspecified atom stereocenters. The second-order valence-electron chi connectivity index (χ2n) is 2.58. The van der Waals surface area contributed by atoms with Gasteiger partial charge in [-0.05, 0) is 6.92 Å². The van der Waals surface area contributed by atoms with E-state index < -0.39 is 31.4 Å². The Labute approximate surface area is 76.3 Å². The fraction of sp³-hybridized carbons (Fsp3) is 0.625. The largest absolute Gasteiger partial charge is 0.449 e. The highest BCUT2D eigenvalue weighted by atomic mass is 16.6. The third-order valence-corrected chi connectivity index (χ3v) is 1.48. The highest BCUT2D eigenvalue weighted by molar-refractivity contribution is 5.82. The molecule has 0 saturated heterocycles. The van der Waals surface area contributed by atoms with Gasteiger partial charge in [-0.1, -0.05) is 6.08 Å². The molecule has 0 atom stereocenters. The molecule has 0 aromatic carbocycles. The molecule has 0 aliphatic carbocycles. The molecular formula is C8H14O5. The Morgan fingerprint density at radius 3 is 2.08 bits per heavy atom. The average molecular weight is 190 g/mol. The van der Waals surface area contributed by atoms with Crippen molar-refractivity contribution in [3.63, 3.8) is 0 Å². The Morgan fingerprint density at radius 1 is 1.31 bits per heavy atom. The third kappa shape index (κ3) is 3.54. The minimum atomic E-state index is -1.59. The first kappa shape index (κ1) is 12.1. The van der Waals surface area contributed by atoms with Crippen molar-refractivity contribution >= 4 is 5.97 Å². The molecule has 0 aliphatic heterocycles. The van der Waals surface area contributed by atoms with E-state index in [4.69, 9.17) is 15.3 Å². The van der Waals surface area contributed by atoms with E-state index in [9.17, 15) is 4.79 Å². The van der Waals surface area contributed by atoms with Crippen molar-refractivity contribution in [1.29, 1.82) is 0 Å². The maximum absolute atomic E-state index is 10.9. The van der Waals surface area contributed by atoms with Gasteiger partial charge in [0.25, 0.3) is 0 Å².